The first-order valence-electron chi connectivity index (χ1n) is 8.15. The van der Waals surface area contributed by atoms with Gasteiger partial charge in [-0.3, -0.25) is 4.79 Å². The van der Waals surface area contributed by atoms with Crippen LogP contribution in [-0.4, -0.2) is 45.6 Å². The number of amides is 1. The van der Waals surface area contributed by atoms with Gasteiger partial charge in [-0.1, -0.05) is 24.3 Å². The molecule has 3 rings (SSSR count). The molecule has 1 atom stereocenters. The molecule has 0 bridgehead atoms. The molecule has 0 aromatic carbocycles. The molecular formula is C15H24N4OS. The van der Waals surface area contributed by atoms with E-state index in [1.54, 1.807) is 0 Å². The molecule has 2 fully saturated rings. The minimum atomic E-state index is 0.156. The van der Waals surface area contributed by atoms with Crippen LogP contribution >= 0.6 is 11.5 Å². The van der Waals surface area contributed by atoms with Gasteiger partial charge in [0.25, 0.3) is 5.91 Å². The fourth-order valence-corrected chi connectivity index (χ4v) is 3.67. The van der Waals surface area contributed by atoms with Gasteiger partial charge >= 0.3 is 0 Å². The van der Waals surface area contributed by atoms with Gasteiger partial charge in [-0.25, -0.2) is 0 Å². The van der Waals surface area contributed by atoms with Crippen molar-refractivity contribution in [2.24, 2.45) is 0 Å². The number of hydrogen-bond donors (Lipinski definition) is 1. The number of aromatic nitrogens is 2. The molecule has 6 heteroatoms. The molecule has 0 spiro atoms. The predicted octanol–water partition coefficient (Wildman–Crippen LogP) is 2.24. The van der Waals surface area contributed by atoms with Gasteiger partial charge in [0.15, 0.2) is 0 Å². The van der Waals surface area contributed by atoms with Crippen molar-refractivity contribution in [3.05, 3.63) is 10.6 Å². The van der Waals surface area contributed by atoms with E-state index in [9.17, 15) is 4.79 Å². The highest BCUT2D eigenvalue weighted by molar-refractivity contribution is 7.08. The maximum atomic E-state index is 12.9. The maximum Gasteiger partial charge on any atom is 0.267 e. The summed E-state index contributed by atoms with van der Waals surface area (Å²) in [4.78, 5) is 15.7. The number of rotatable bonds is 6. The molecule has 2 heterocycles. The van der Waals surface area contributed by atoms with Crippen LogP contribution in [0.2, 0.25) is 0 Å². The average molecular weight is 308 g/mol. The molecule has 2 aliphatic rings. The number of aryl methyl sites for hydroxylation is 1. The highest BCUT2D eigenvalue weighted by Crippen LogP contribution is 2.30. The topological polar surface area (TPSA) is 58.1 Å². The number of nitrogens with one attached hydrogen (secondary N) is 1. The smallest absolute Gasteiger partial charge is 0.267 e. The Morgan fingerprint density at radius 3 is 2.90 bits per heavy atom. The summed E-state index contributed by atoms with van der Waals surface area (Å²) in [6.07, 6.45) is 7.85. The van der Waals surface area contributed by atoms with E-state index in [1.807, 2.05) is 0 Å². The van der Waals surface area contributed by atoms with E-state index in [1.165, 1.54) is 30.8 Å². The molecule has 21 heavy (non-hydrogen) atoms. The lowest BCUT2D eigenvalue weighted by Crippen LogP contribution is -2.46. The molecule has 1 aromatic heterocycles. The maximum absolute atomic E-state index is 12.9. The van der Waals surface area contributed by atoms with Gasteiger partial charge in [-0.15, -0.1) is 5.10 Å². The van der Waals surface area contributed by atoms with Crippen molar-refractivity contribution < 1.29 is 4.79 Å². The molecular weight excluding hydrogens is 284 g/mol. The monoisotopic (exact) mass is 308 g/mol. The molecule has 1 unspecified atom stereocenters. The van der Waals surface area contributed by atoms with Crippen LogP contribution in [0.1, 0.15) is 60.8 Å². The minimum absolute atomic E-state index is 0.156. The molecule has 1 amide bonds. The number of carbonyl (C=O) groups is 1. The van der Waals surface area contributed by atoms with Crippen molar-refractivity contribution in [1.82, 2.24) is 19.8 Å². The summed E-state index contributed by atoms with van der Waals surface area (Å²) in [6.45, 7) is 4.03. The van der Waals surface area contributed by atoms with Crippen molar-refractivity contribution in [2.75, 3.05) is 13.1 Å². The highest BCUT2D eigenvalue weighted by atomic mass is 32.1. The summed E-state index contributed by atoms with van der Waals surface area (Å²) >= 11 is 1.26. The Balaban J connectivity index is 1.70. The normalized spacial score (nSPS) is 22.2. The molecule has 1 saturated heterocycles. The third-order valence-electron chi connectivity index (χ3n) is 4.31. The van der Waals surface area contributed by atoms with Gasteiger partial charge < -0.3 is 10.2 Å². The van der Waals surface area contributed by atoms with E-state index >= 15 is 0 Å². The SMILES string of the molecule is CCCc1nnsc1C(=O)N(CC1CCCCN1)C1CC1. The zero-order valence-corrected chi connectivity index (χ0v) is 13.5. The number of hydrogen-bond acceptors (Lipinski definition) is 5. The fourth-order valence-electron chi connectivity index (χ4n) is 3.00. The van der Waals surface area contributed by atoms with Crippen molar-refractivity contribution in [3.63, 3.8) is 0 Å². The summed E-state index contributed by atoms with van der Waals surface area (Å²) < 4.78 is 4.00. The lowest BCUT2D eigenvalue weighted by Gasteiger charge is -2.30. The van der Waals surface area contributed by atoms with E-state index in [2.05, 4.69) is 26.7 Å². The first-order chi connectivity index (χ1) is 10.3. The Morgan fingerprint density at radius 1 is 1.38 bits per heavy atom. The van der Waals surface area contributed by atoms with E-state index < -0.39 is 0 Å². The van der Waals surface area contributed by atoms with Crippen LogP contribution in [-0.2, 0) is 6.42 Å². The second-order valence-corrected chi connectivity index (χ2v) is 6.89. The van der Waals surface area contributed by atoms with Gasteiger partial charge in [0.05, 0.1) is 5.69 Å². The van der Waals surface area contributed by atoms with Gasteiger partial charge in [-0.2, -0.15) is 0 Å². The van der Waals surface area contributed by atoms with E-state index in [4.69, 9.17) is 0 Å². The molecule has 1 aliphatic carbocycles. The van der Waals surface area contributed by atoms with Crippen molar-refractivity contribution in [2.45, 2.75) is 64.0 Å². The second kappa shape index (κ2) is 6.83. The average Bonchev–Trinajstić information content (AvgIpc) is 3.25. The van der Waals surface area contributed by atoms with Crippen molar-refractivity contribution >= 4 is 17.4 Å². The fraction of sp³-hybridized carbons (Fsp3) is 0.800. The van der Waals surface area contributed by atoms with Crippen molar-refractivity contribution in [3.8, 4) is 0 Å². The number of piperidine rings is 1. The van der Waals surface area contributed by atoms with Gasteiger partial charge in [0.1, 0.15) is 4.88 Å². The molecule has 5 nitrogen and oxygen atoms in total. The van der Waals surface area contributed by atoms with Crippen LogP contribution in [0.3, 0.4) is 0 Å². The molecule has 1 saturated carbocycles. The van der Waals surface area contributed by atoms with Crippen LogP contribution in [0.15, 0.2) is 0 Å². The van der Waals surface area contributed by atoms with Gasteiger partial charge in [0, 0.05) is 18.6 Å². The Hall–Kier alpha value is -1.01. The molecule has 1 aromatic rings. The zero-order chi connectivity index (χ0) is 14.7. The Labute approximate surface area is 130 Å². The molecule has 116 valence electrons. The van der Waals surface area contributed by atoms with Crippen LogP contribution in [0.4, 0.5) is 0 Å². The summed E-state index contributed by atoms with van der Waals surface area (Å²) in [5, 5.41) is 7.69. The van der Waals surface area contributed by atoms with Crippen LogP contribution in [0.25, 0.3) is 0 Å². The zero-order valence-electron chi connectivity index (χ0n) is 12.7. The first-order valence-corrected chi connectivity index (χ1v) is 8.92. The molecule has 0 radical (unpaired) electrons. The number of carbonyl (C=O) groups excluding carboxylic acids is 1. The van der Waals surface area contributed by atoms with Gasteiger partial charge in [-0.05, 0) is 50.2 Å². The summed E-state index contributed by atoms with van der Waals surface area (Å²) in [6, 6.07) is 0.900. The minimum Gasteiger partial charge on any atom is -0.333 e. The Morgan fingerprint density at radius 2 is 2.24 bits per heavy atom. The van der Waals surface area contributed by atoms with Crippen molar-refractivity contribution in [1.29, 1.82) is 0 Å². The third kappa shape index (κ3) is 3.61. The van der Waals surface area contributed by atoms with Crippen LogP contribution in [0.5, 0.6) is 0 Å². The quantitative estimate of drug-likeness (QED) is 0.875. The summed E-state index contributed by atoms with van der Waals surface area (Å²) in [5.74, 6) is 0.156. The van der Waals surface area contributed by atoms with Crippen LogP contribution < -0.4 is 5.32 Å². The lowest BCUT2D eigenvalue weighted by atomic mass is 10.0. The first kappa shape index (κ1) is 14.9. The lowest BCUT2D eigenvalue weighted by molar-refractivity contribution is 0.0721. The summed E-state index contributed by atoms with van der Waals surface area (Å²) in [7, 11) is 0. The molecule has 1 aliphatic heterocycles. The Bertz CT molecular complexity index is 480. The van der Waals surface area contributed by atoms with E-state index in [-0.39, 0.29) is 5.91 Å². The van der Waals surface area contributed by atoms with Gasteiger partial charge in [0.2, 0.25) is 0 Å². The third-order valence-corrected chi connectivity index (χ3v) is 5.07. The summed E-state index contributed by atoms with van der Waals surface area (Å²) in [5.41, 5.74) is 0.884. The Kier molecular flexibility index (Phi) is 4.85. The standard InChI is InChI=1S/C15H24N4OS/c1-2-5-13-14(21-18-17-13)15(20)19(12-7-8-12)10-11-6-3-4-9-16-11/h11-12,16H,2-10H2,1H3. The van der Waals surface area contributed by atoms with E-state index in [0.29, 0.717) is 12.1 Å². The predicted molar refractivity (Wildman–Crippen MR) is 83.6 cm³/mol. The highest BCUT2D eigenvalue weighted by Gasteiger charge is 2.36. The van der Waals surface area contributed by atoms with Crippen LogP contribution in [0, 0.1) is 0 Å². The largest absolute Gasteiger partial charge is 0.333 e. The molecule has 1 N–H and O–H groups in total. The second-order valence-electron chi connectivity index (χ2n) is 6.13. The number of nitrogens with zero attached hydrogens (tertiary/aromatic N) is 3. The van der Waals surface area contributed by atoms with E-state index in [0.717, 1.165) is 49.3 Å².